The number of anilines is 1. The second kappa shape index (κ2) is 9.32. The van der Waals surface area contributed by atoms with Crippen molar-refractivity contribution in [3.8, 4) is 5.75 Å². The summed E-state index contributed by atoms with van der Waals surface area (Å²) in [5.41, 5.74) is 0.554. The number of halogens is 1. The van der Waals surface area contributed by atoms with Gasteiger partial charge in [-0.3, -0.25) is 9.59 Å². The normalized spacial score (nSPS) is 11.5. The number of hydrogen-bond donors (Lipinski definition) is 2. The fourth-order valence-corrected chi connectivity index (χ4v) is 3.51. The molecule has 0 radical (unpaired) electrons. The Bertz CT molecular complexity index is 879. The van der Waals surface area contributed by atoms with Crippen molar-refractivity contribution >= 4 is 34.1 Å². The molecule has 2 amide bonds. The Morgan fingerprint density at radius 3 is 2.43 bits per heavy atom. The predicted molar refractivity (Wildman–Crippen MR) is 104 cm³/mol. The van der Waals surface area contributed by atoms with Gasteiger partial charge in [-0.15, -0.1) is 11.3 Å². The number of esters is 1. The van der Waals surface area contributed by atoms with E-state index in [2.05, 4.69) is 10.6 Å². The van der Waals surface area contributed by atoms with Crippen LogP contribution in [0, 0.1) is 12.7 Å². The van der Waals surface area contributed by atoms with Crippen LogP contribution in [0.1, 0.15) is 39.4 Å². The van der Waals surface area contributed by atoms with Gasteiger partial charge in [0.05, 0.1) is 17.0 Å². The molecule has 0 fully saturated rings. The van der Waals surface area contributed by atoms with E-state index >= 15 is 0 Å². The first kappa shape index (κ1) is 21.4. The van der Waals surface area contributed by atoms with Gasteiger partial charge >= 0.3 is 5.97 Å². The Hall–Kier alpha value is -2.94. The van der Waals surface area contributed by atoms with E-state index in [0.29, 0.717) is 16.2 Å². The standard InChI is InChI=1S/C19H21FN2O5S/c1-5-26-19(25)14-10(2)15(17(24)21-4)28-18(14)22-16(23)11(3)27-13-8-6-12(20)7-9-13/h6-9,11H,5H2,1-4H3,(H,21,24)(H,22,23). The summed E-state index contributed by atoms with van der Waals surface area (Å²) < 4.78 is 23.5. The Labute approximate surface area is 165 Å². The maximum atomic E-state index is 13.0. The minimum Gasteiger partial charge on any atom is -0.481 e. The van der Waals surface area contributed by atoms with E-state index in [9.17, 15) is 18.8 Å². The lowest BCUT2D eigenvalue weighted by Gasteiger charge is -2.14. The highest BCUT2D eigenvalue weighted by Crippen LogP contribution is 2.34. The van der Waals surface area contributed by atoms with Crippen LogP contribution < -0.4 is 15.4 Å². The van der Waals surface area contributed by atoms with Crippen LogP contribution in [-0.2, 0) is 9.53 Å². The lowest BCUT2D eigenvalue weighted by atomic mass is 10.1. The summed E-state index contributed by atoms with van der Waals surface area (Å²) in [5, 5.41) is 5.32. The number of thiophene rings is 1. The molecule has 7 nitrogen and oxygen atoms in total. The van der Waals surface area contributed by atoms with E-state index in [1.54, 1.807) is 13.8 Å². The fraction of sp³-hybridized carbons (Fsp3) is 0.316. The highest BCUT2D eigenvalue weighted by molar-refractivity contribution is 7.18. The fourth-order valence-electron chi connectivity index (χ4n) is 2.37. The van der Waals surface area contributed by atoms with Crippen molar-refractivity contribution in [2.45, 2.75) is 26.9 Å². The molecule has 1 heterocycles. The van der Waals surface area contributed by atoms with Crippen LogP contribution in [0.25, 0.3) is 0 Å². The van der Waals surface area contributed by atoms with Gasteiger partial charge in [-0.2, -0.15) is 0 Å². The molecule has 0 aliphatic rings. The summed E-state index contributed by atoms with van der Waals surface area (Å²) in [4.78, 5) is 37.2. The van der Waals surface area contributed by atoms with Gasteiger partial charge in [0, 0.05) is 7.05 Å². The van der Waals surface area contributed by atoms with Crippen LogP contribution in [-0.4, -0.2) is 37.5 Å². The third-order valence-corrected chi connectivity index (χ3v) is 5.00. The van der Waals surface area contributed by atoms with Crippen molar-refractivity contribution in [3.63, 3.8) is 0 Å². The minimum atomic E-state index is -0.925. The zero-order chi connectivity index (χ0) is 20.8. The summed E-state index contributed by atoms with van der Waals surface area (Å²) in [6.45, 7) is 4.95. The van der Waals surface area contributed by atoms with Crippen LogP contribution in [0.4, 0.5) is 9.39 Å². The summed E-state index contributed by atoms with van der Waals surface area (Å²) in [5.74, 6) is -1.63. The first-order chi connectivity index (χ1) is 13.3. The number of rotatable bonds is 7. The van der Waals surface area contributed by atoms with Crippen LogP contribution in [0.15, 0.2) is 24.3 Å². The number of benzene rings is 1. The molecule has 28 heavy (non-hydrogen) atoms. The molecule has 1 aromatic carbocycles. The number of amides is 2. The van der Waals surface area contributed by atoms with E-state index in [-0.39, 0.29) is 23.1 Å². The maximum Gasteiger partial charge on any atom is 0.341 e. The molecule has 2 rings (SSSR count). The maximum absolute atomic E-state index is 13.0. The van der Waals surface area contributed by atoms with Crippen molar-refractivity contribution in [1.82, 2.24) is 5.32 Å². The molecule has 2 N–H and O–H groups in total. The van der Waals surface area contributed by atoms with Crippen LogP contribution in [0.3, 0.4) is 0 Å². The number of hydrogen-bond acceptors (Lipinski definition) is 6. The molecular formula is C19H21FN2O5S. The van der Waals surface area contributed by atoms with Gasteiger partial charge in [0.2, 0.25) is 0 Å². The lowest BCUT2D eigenvalue weighted by molar-refractivity contribution is -0.122. The molecule has 0 bridgehead atoms. The number of carbonyl (C=O) groups excluding carboxylic acids is 3. The zero-order valence-corrected chi connectivity index (χ0v) is 16.7. The van der Waals surface area contributed by atoms with Crippen molar-refractivity contribution in [2.24, 2.45) is 0 Å². The van der Waals surface area contributed by atoms with E-state index < -0.39 is 23.8 Å². The SMILES string of the molecule is CCOC(=O)c1c(NC(=O)C(C)Oc2ccc(F)cc2)sc(C(=O)NC)c1C. The third kappa shape index (κ3) is 4.86. The van der Waals surface area contributed by atoms with Crippen molar-refractivity contribution in [1.29, 1.82) is 0 Å². The quantitative estimate of drug-likeness (QED) is 0.687. The molecule has 0 saturated heterocycles. The second-order valence-corrected chi connectivity index (χ2v) is 6.78. The number of ether oxygens (including phenoxy) is 2. The molecule has 0 spiro atoms. The minimum absolute atomic E-state index is 0.132. The molecular weight excluding hydrogens is 387 g/mol. The molecule has 0 aliphatic carbocycles. The molecule has 9 heteroatoms. The van der Waals surface area contributed by atoms with Crippen molar-refractivity contribution < 1.29 is 28.2 Å². The smallest absolute Gasteiger partial charge is 0.341 e. The van der Waals surface area contributed by atoms with E-state index in [0.717, 1.165) is 11.3 Å². The van der Waals surface area contributed by atoms with Crippen LogP contribution in [0.5, 0.6) is 5.75 Å². The second-order valence-electron chi connectivity index (χ2n) is 5.76. The summed E-state index contributed by atoms with van der Waals surface area (Å²) in [6, 6.07) is 5.25. The largest absolute Gasteiger partial charge is 0.481 e. The molecule has 1 aromatic heterocycles. The monoisotopic (exact) mass is 408 g/mol. The van der Waals surface area contributed by atoms with Gasteiger partial charge in [0.1, 0.15) is 16.6 Å². The first-order valence-corrected chi connectivity index (χ1v) is 9.35. The Kier molecular flexibility index (Phi) is 7.11. The van der Waals surface area contributed by atoms with Gasteiger partial charge < -0.3 is 20.1 Å². The highest BCUT2D eigenvalue weighted by atomic mass is 32.1. The average molecular weight is 408 g/mol. The summed E-state index contributed by atoms with van der Waals surface area (Å²) in [7, 11) is 1.47. The van der Waals surface area contributed by atoms with Crippen molar-refractivity contribution in [2.75, 3.05) is 19.0 Å². The predicted octanol–water partition coefficient (Wildman–Crippen LogP) is 3.14. The van der Waals surface area contributed by atoms with Crippen LogP contribution in [0.2, 0.25) is 0 Å². The Morgan fingerprint density at radius 2 is 1.86 bits per heavy atom. The van der Waals surface area contributed by atoms with Crippen molar-refractivity contribution in [3.05, 3.63) is 46.1 Å². The molecule has 150 valence electrons. The Morgan fingerprint density at radius 1 is 1.21 bits per heavy atom. The lowest BCUT2D eigenvalue weighted by Crippen LogP contribution is -2.30. The van der Waals surface area contributed by atoms with E-state index in [1.807, 2.05) is 0 Å². The average Bonchev–Trinajstić information content (AvgIpc) is 2.99. The highest BCUT2D eigenvalue weighted by Gasteiger charge is 2.27. The van der Waals surface area contributed by atoms with Gasteiger partial charge in [-0.25, -0.2) is 9.18 Å². The number of carbonyl (C=O) groups is 3. The van der Waals surface area contributed by atoms with Crippen LogP contribution >= 0.6 is 11.3 Å². The molecule has 1 atom stereocenters. The first-order valence-electron chi connectivity index (χ1n) is 8.54. The zero-order valence-electron chi connectivity index (χ0n) is 15.9. The molecule has 1 unspecified atom stereocenters. The number of nitrogens with one attached hydrogen (secondary N) is 2. The van der Waals surface area contributed by atoms with Gasteiger partial charge in [0.25, 0.3) is 11.8 Å². The van der Waals surface area contributed by atoms with Gasteiger partial charge in [-0.1, -0.05) is 0 Å². The Balaban J connectivity index is 2.25. The summed E-state index contributed by atoms with van der Waals surface area (Å²) in [6.07, 6.45) is -0.925. The van der Waals surface area contributed by atoms with E-state index in [1.165, 1.54) is 38.2 Å². The van der Waals surface area contributed by atoms with Gasteiger partial charge in [-0.05, 0) is 50.6 Å². The molecule has 0 saturated carbocycles. The molecule has 2 aromatic rings. The topological polar surface area (TPSA) is 93.7 Å². The van der Waals surface area contributed by atoms with Gasteiger partial charge in [0.15, 0.2) is 6.10 Å². The third-order valence-electron chi connectivity index (χ3n) is 3.79. The molecule has 0 aliphatic heterocycles. The van der Waals surface area contributed by atoms with E-state index in [4.69, 9.17) is 9.47 Å². The summed E-state index contributed by atoms with van der Waals surface area (Å²) >= 11 is 0.977.